The summed E-state index contributed by atoms with van der Waals surface area (Å²) in [6, 6.07) is 11.9. The summed E-state index contributed by atoms with van der Waals surface area (Å²) in [5.74, 6) is 0. The molecule has 216 valence electrons. The quantitative estimate of drug-likeness (QED) is 0.231. The van der Waals surface area contributed by atoms with Crippen LogP contribution in [0.4, 0.5) is 32.3 Å². The number of carbonyl (C=O) groups is 2. The van der Waals surface area contributed by atoms with Gasteiger partial charge in [0.25, 0.3) is 0 Å². The lowest BCUT2D eigenvalue weighted by Crippen LogP contribution is -2.22. The van der Waals surface area contributed by atoms with E-state index in [1.54, 1.807) is 0 Å². The van der Waals surface area contributed by atoms with Crippen LogP contribution in [-0.2, 0) is 14.2 Å². The zero-order chi connectivity index (χ0) is 28.6. The van der Waals surface area contributed by atoms with E-state index in [0.717, 1.165) is 66.5 Å². The molecule has 9 heteroatoms. The highest BCUT2D eigenvalue weighted by molar-refractivity contribution is 5.86. The second kappa shape index (κ2) is 17.2. The predicted molar refractivity (Wildman–Crippen MR) is 159 cm³/mol. The number of hydrogen-bond acceptors (Lipinski definition) is 7. The molecule has 0 saturated carbocycles. The topological polar surface area (TPSA) is 92.4 Å². The molecule has 2 rings (SSSR count). The third-order valence-electron chi connectivity index (χ3n) is 6.53. The van der Waals surface area contributed by atoms with E-state index in [9.17, 15) is 9.59 Å². The number of hydrogen-bond donors (Lipinski definition) is 2. The molecule has 0 radical (unpaired) electrons. The molecule has 0 saturated heterocycles. The van der Waals surface area contributed by atoms with Crippen molar-refractivity contribution in [2.75, 3.05) is 73.0 Å². The van der Waals surface area contributed by atoms with Crippen LogP contribution in [0.1, 0.15) is 51.7 Å². The molecule has 0 heterocycles. The Kier molecular flexibility index (Phi) is 14.0. The number of aryl methyl sites for hydroxylation is 2. The lowest BCUT2D eigenvalue weighted by molar-refractivity contribution is 0.0737. The maximum Gasteiger partial charge on any atom is 0.411 e. The van der Waals surface area contributed by atoms with Gasteiger partial charge >= 0.3 is 12.2 Å². The standard InChI is InChI=1S/C30H46N4O5/c1-7-33(8-2)25-13-15-27(23(5)21-25)31-29(35)38-18-12-11-17-37-19-20-39-30(36)32-28-16-14-26(22-24(28)6)34(9-3)10-4/h13-16,21-22H,7-12,17-20H2,1-6H3,(H,31,35)(H,32,36). The fraction of sp³-hybridized carbons (Fsp3) is 0.533. The highest BCUT2D eigenvalue weighted by Gasteiger charge is 2.10. The zero-order valence-corrected chi connectivity index (χ0v) is 24.5. The number of amides is 2. The molecule has 0 spiro atoms. The number of carbonyl (C=O) groups excluding carboxylic acids is 2. The van der Waals surface area contributed by atoms with Crippen LogP contribution in [0, 0.1) is 13.8 Å². The summed E-state index contributed by atoms with van der Waals surface area (Å²) in [5.41, 5.74) is 5.71. The molecular formula is C30H46N4O5. The number of ether oxygens (including phenoxy) is 3. The Labute approximate surface area is 233 Å². The van der Waals surface area contributed by atoms with Crippen molar-refractivity contribution < 1.29 is 23.8 Å². The van der Waals surface area contributed by atoms with Crippen molar-refractivity contribution in [2.45, 2.75) is 54.4 Å². The monoisotopic (exact) mass is 542 g/mol. The Morgan fingerprint density at radius 2 is 1.08 bits per heavy atom. The molecule has 0 unspecified atom stereocenters. The Balaban J connectivity index is 1.56. The van der Waals surface area contributed by atoms with E-state index in [4.69, 9.17) is 14.2 Å². The number of unbranched alkanes of at least 4 members (excludes halogenated alkanes) is 1. The minimum Gasteiger partial charge on any atom is -0.449 e. The number of rotatable bonds is 16. The molecule has 0 aliphatic heterocycles. The van der Waals surface area contributed by atoms with Gasteiger partial charge in [-0.3, -0.25) is 10.6 Å². The van der Waals surface area contributed by atoms with Gasteiger partial charge in [-0.25, -0.2) is 9.59 Å². The third kappa shape index (κ3) is 10.7. The van der Waals surface area contributed by atoms with E-state index in [1.807, 2.05) is 38.1 Å². The molecule has 0 fully saturated rings. The Morgan fingerprint density at radius 3 is 1.51 bits per heavy atom. The molecular weight excluding hydrogens is 496 g/mol. The number of nitrogens with zero attached hydrogens (tertiary/aromatic N) is 2. The largest absolute Gasteiger partial charge is 0.449 e. The number of anilines is 4. The van der Waals surface area contributed by atoms with Gasteiger partial charge in [0.15, 0.2) is 0 Å². The average molecular weight is 543 g/mol. The normalized spacial score (nSPS) is 10.6. The van der Waals surface area contributed by atoms with Crippen LogP contribution < -0.4 is 20.4 Å². The summed E-state index contributed by atoms with van der Waals surface area (Å²) >= 11 is 0. The molecule has 0 atom stereocenters. The van der Waals surface area contributed by atoms with Crippen LogP contribution in [0.15, 0.2) is 36.4 Å². The molecule has 0 bridgehead atoms. The first-order valence-electron chi connectivity index (χ1n) is 14.0. The first kappa shape index (κ1) is 31.8. The van der Waals surface area contributed by atoms with Crippen LogP contribution >= 0.6 is 0 Å². The van der Waals surface area contributed by atoms with Gasteiger partial charge in [0, 0.05) is 55.5 Å². The highest BCUT2D eigenvalue weighted by Crippen LogP contribution is 2.24. The fourth-order valence-corrected chi connectivity index (χ4v) is 4.21. The number of benzene rings is 2. The average Bonchev–Trinajstić information content (AvgIpc) is 2.92. The maximum absolute atomic E-state index is 12.1. The van der Waals surface area contributed by atoms with Crippen molar-refractivity contribution >= 4 is 34.9 Å². The van der Waals surface area contributed by atoms with Crippen molar-refractivity contribution in [3.05, 3.63) is 47.5 Å². The SMILES string of the molecule is CCN(CC)c1ccc(NC(=O)OCCCCOCCOC(=O)Nc2ccc(N(CC)CC)cc2C)c(C)c1. The van der Waals surface area contributed by atoms with Gasteiger partial charge in [0.1, 0.15) is 6.61 Å². The molecule has 0 aromatic heterocycles. The molecule has 2 aromatic carbocycles. The third-order valence-corrected chi connectivity index (χ3v) is 6.53. The molecule has 0 aliphatic carbocycles. The van der Waals surface area contributed by atoms with Gasteiger partial charge in [-0.1, -0.05) is 0 Å². The highest BCUT2D eigenvalue weighted by atomic mass is 16.6. The second-order valence-electron chi connectivity index (χ2n) is 9.18. The van der Waals surface area contributed by atoms with Gasteiger partial charge in [-0.2, -0.15) is 0 Å². The minimum atomic E-state index is -0.505. The first-order chi connectivity index (χ1) is 18.8. The fourth-order valence-electron chi connectivity index (χ4n) is 4.21. The smallest absolute Gasteiger partial charge is 0.411 e. The van der Waals surface area contributed by atoms with Gasteiger partial charge < -0.3 is 24.0 Å². The summed E-state index contributed by atoms with van der Waals surface area (Å²) < 4.78 is 16.0. The van der Waals surface area contributed by atoms with E-state index < -0.39 is 12.2 Å². The minimum absolute atomic E-state index is 0.160. The summed E-state index contributed by atoms with van der Waals surface area (Å²) in [6.07, 6.45) is 0.439. The van der Waals surface area contributed by atoms with Gasteiger partial charge in [-0.05, 0) is 102 Å². The molecule has 0 aliphatic rings. The predicted octanol–water partition coefficient (Wildman–Crippen LogP) is 6.59. The number of nitrogens with one attached hydrogen (secondary N) is 2. The van der Waals surface area contributed by atoms with Gasteiger partial charge in [0.2, 0.25) is 0 Å². The van der Waals surface area contributed by atoms with Crippen molar-refractivity contribution in [1.29, 1.82) is 0 Å². The molecule has 2 N–H and O–H groups in total. The van der Waals surface area contributed by atoms with E-state index >= 15 is 0 Å². The first-order valence-corrected chi connectivity index (χ1v) is 14.0. The van der Waals surface area contributed by atoms with E-state index in [-0.39, 0.29) is 6.61 Å². The van der Waals surface area contributed by atoms with Crippen molar-refractivity contribution in [3.8, 4) is 0 Å². The Hall–Kier alpha value is -3.46. The van der Waals surface area contributed by atoms with Crippen LogP contribution in [0.5, 0.6) is 0 Å². The molecule has 39 heavy (non-hydrogen) atoms. The second-order valence-corrected chi connectivity index (χ2v) is 9.18. The van der Waals surface area contributed by atoms with E-state index in [1.165, 1.54) is 0 Å². The van der Waals surface area contributed by atoms with E-state index in [2.05, 4.69) is 60.3 Å². The Bertz CT molecular complexity index is 957. The van der Waals surface area contributed by atoms with Crippen molar-refractivity contribution in [3.63, 3.8) is 0 Å². The van der Waals surface area contributed by atoms with E-state index in [0.29, 0.717) is 26.2 Å². The van der Waals surface area contributed by atoms with Crippen LogP contribution in [0.25, 0.3) is 0 Å². The summed E-state index contributed by atoms with van der Waals surface area (Å²) in [6.45, 7) is 17.4. The molecule has 2 aromatic rings. The summed E-state index contributed by atoms with van der Waals surface area (Å²) in [5, 5.41) is 5.59. The molecule has 9 nitrogen and oxygen atoms in total. The summed E-state index contributed by atoms with van der Waals surface area (Å²) in [7, 11) is 0. The summed E-state index contributed by atoms with van der Waals surface area (Å²) in [4.78, 5) is 28.7. The van der Waals surface area contributed by atoms with Gasteiger partial charge in [0.05, 0.1) is 13.2 Å². The van der Waals surface area contributed by atoms with Crippen LogP contribution in [0.3, 0.4) is 0 Å². The lowest BCUT2D eigenvalue weighted by atomic mass is 10.1. The van der Waals surface area contributed by atoms with Gasteiger partial charge in [-0.15, -0.1) is 0 Å². The lowest BCUT2D eigenvalue weighted by Gasteiger charge is -2.22. The van der Waals surface area contributed by atoms with Crippen molar-refractivity contribution in [1.82, 2.24) is 0 Å². The molecule has 2 amide bonds. The Morgan fingerprint density at radius 1 is 0.641 bits per heavy atom. The maximum atomic E-state index is 12.1. The zero-order valence-electron chi connectivity index (χ0n) is 24.5. The van der Waals surface area contributed by atoms with Crippen LogP contribution in [0.2, 0.25) is 0 Å². The van der Waals surface area contributed by atoms with Crippen molar-refractivity contribution in [2.24, 2.45) is 0 Å². The van der Waals surface area contributed by atoms with Crippen LogP contribution in [-0.4, -0.2) is 64.8 Å².